The molecule has 0 aromatic carbocycles. The Bertz CT molecular complexity index is 258. The summed E-state index contributed by atoms with van der Waals surface area (Å²) in [6.45, 7) is 0. The van der Waals surface area contributed by atoms with Gasteiger partial charge in [0.05, 0.1) is 19.0 Å². The van der Waals surface area contributed by atoms with Crippen LogP contribution < -0.4 is 5.06 Å². The molecule has 0 saturated carbocycles. The summed E-state index contributed by atoms with van der Waals surface area (Å²) in [6.07, 6.45) is 9.64. The van der Waals surface area contributed by atoms with E-state index in [1.165, 1.54) is 0 Å². The monoisotopic (exact) mass is 198 g/mol. The van der Waals surface area contributed by atoms with Crippen molar-refractivity contribution in [3.05, 3.63) is 23.5 Å². The number of rotatable bonds is 2. The fourth-order valence-corrected chi connectivity index (χ4v) is 0.771. The minimum atomic E-state index is 0.484. The highest BCUT2D eigenvalue weighted by molar-refractivity contribution is 6.29. The lowest BCUT2D eigenvalue weighted by Crippen LogP contribution is -2.14. The SMILES string of the molecule is C#C.CON(C)c1ccc(Cl)nc1. The molecule has 0 radical (unpaired) electrons. The second-order valence-corrected chi connectivity index (χ2v) is 2.41. The van der Waals surface area contributed by atoms with E-state index in [1.54, 1.807) is 31.5 Å². The average Bonchev–Trinajstić information content (AvgIpc) is 2.21. The first kappa shape index (κ1) is 11.8. The minimum Gasteiger partial charge on any atom is -0.277 e. The summed E-state index contributed by atoms with van der Waals surface area (Å²) in [5.74, 6) is 0. The molecule has 0 aliphatic carbocycles. The van der Waals surface area contributed by atoms with Crippen molar-refractivity contribution in [3.63, 3.8) is 0 Å². The van der Waals surface area contributed by atoms with Crippen LogP contribution in [-0.2, 0) is 4.84 Å². The highest BCUT2D eigenvalue weighted by Crippen LogP contribution is 2.12. The largest absolute Gasteiger partial charge is 0.277 e. The van der Waals surface area contributed by atoms with Gasteiger partial charge in [-0.2, -0.15) is 0 Å². The van der Waals surface area contributed by atoms with Crippen LogP contribution in [-0.4, -0.2) is 19.1 Å². The van der Waals surface area contributed by atoms with Crippen molar-refractivity contribution in [3.8, 4) is 12.8 Å². The number of terminal acetylenes is 1. The first-order chi connectivity index (χ1) is 6.24. The third-order valence-electron chi connectivity index (χ3n) is 1.35. The molecule has 1 aromatic rings. The quantitative estimate of drug-likeness (QED) is 0.413. The predicted molar refractivity (Wildman–Crippen MR) is 54.5 cm³/mol. The van der Waals surface area contributed by atoms with E-state index in [0.29, 0.717) is 5.15 Å². The van der Waals surface area contributed by atoms with Gasteiger partial charge in [-0.15, -0.1) is 12.8 Å². The highest BCUT2D eigenvalue weighted by Gasteiger charge is 1.97. The minimum absolute atomic E-state index is 0.484. The summed E-state index contributed by atoms with van der Waals surface area (Å²) in [6, 6.07) is 3.55. The molecule has 0 aliphatic heterocycles. The molecule has 0 atom stereocenters. The van der Waals surface area contributed by atoms with Gasteiger partial charge in [0.2, 0.25) is 0 Å². The maximum absolute atomic E-state index is 5.59. The van der Waals surface area contributed by atoms with Crippen LogP contribution in [0.15, 0.2) is 18.3 Å². The molecule has 0 unspecified atom stereocenters. The number of nitrogens with zero attached hydrogens (tertiary/aromatic N) is 2. The van der Waals surface area contributed by atoms with Gasteiger partial charge in [0.25, 0.3) is 0 Å². The van der Waals surface area contributed by atoms with Gasteiger partial charge in [-0.1, -0.05) is 11.6 Å². The van der Waals surface area contributed by atoms with E-state index in [4.69, 9.17) is 16.4 Å². The van der Waals surface area contributed by atoms with Gasteiger partial charge in [-0.05, 0) is 12.1 Å². The van der Waals surface area contributed by atoms with Crippen molar-refractivity contribution in [1.82, 2.24) is 4.98 Å². The zero-order valence-corrected chi connectivity index (χ0v) is 8.32. The fourth-order valence-electron chi connectivity index (χ4n) is 0.660. The molecular formula is C9H11ClN2O. The van der Waals surface area contributed by atoms with Gasteiger partial charge in [-0.25, -0.2) is 4.98 Å². The number of hydroxylamine groups is 1. The number of anilines is 1. The van der Waals surface area contributed by atoms with Gasteiger partial charge in [0.15, 0.2) is 0 Å². The molecule has 0 fully saturated rings. The lowest BCUT2D eigenvalue weighted by molar-refractivity contribution is 0.184. The predicted octanol–water partition coefficient (Wildman–Crippen LogP) is 1.98. The van der Waals surface area contributed by atoms with E-state index in [9.17, 15) is 0 Å². The van der Waals surface area contributed by atoms with Gasteiger partial charge < -0.3 is 0 Å². The lowest BCUT2D eigenvalue weighted by Gasteiger charge is -2.14. The normalized spacial score (nSPS) is 8.38. The lowest BCUT2D eigenvalue weighted by atomic mass is 10.4. The van der Waals surface area contributed by atoms with Gasteiger partial charge >= 0.3 is 0 Å². The van der Waals surface area contributed by atoms with Gasteiger partial charge in [0.1, 0.15) is 5.15 Å². The van der Waals surface area contributed by atoms with Crippen LogP contribution >= 0.6 is 11.6 Å². The highest BCUT2D eigenvalue weighted by atomic mass is 35.5. The summed E-state index contributed by atoms with van der Waals surface area (Å²) < 4.78 is 0. The van der Waals surface area contributed by atoms with Crippen LogP contribution in [0.3, 0.4) is 0 Å². The zero-order valence-electron chi connectivity index (χ0n) is 7.57. The van der Waals surface area contributed by atoms with Crippen LogP contribution in [0, 0.1) is 12.8 Å². The Labute approximate surface area is 83.2 Å². The van der Waals surface area contributed by atoms with Gasteiger partial charge in [-0.3, -0.25) is 9.90 Å². The summed E-state index contributed by atoms with van der Waals surface area (Å²) in [7, 11) is 3.39. The van der Waals surface area contributed by atoms with Crippen molar-refractivity contribution in [2.24, 2.45) is 0 Å². The number of halogens is 1. The summed E-state index contributed by atoms with van der Waals surface area (Å²) in [5.41, 5.74) is 0.872. The Morgan fingerprint density at radius 3 is 2.46 bits per heavy atom. The number of pyridine rings is 1. The maximum atomic E-state index is 5.59. The molecule has 70 valence electrons. The number of hydrogen-bond donors (Lipinski definition) is 0. The van der Waals surface area contributed by atoms with Crippen molar-refractivity contribution in [1.29, 1.82) is 0 Å². The van der Waals surface area contributed by atoms with E-state index < -0.39 is 0 Å². The van der Waals surface area contributed by atoms with Crippen LogP contribution in [0.1, 0.15) is 0 Å². The standard InChI is InChI=1S/C7H9ClN2O.C2H2/c1-10(11-2)6-3-4-7(8)9-5-6;1-2/h3-5H,1-2H3;1-2H. The third-order valence-corrected chi connectivity index (χ3v) is 1.57. The Hall–Kier alpha value is -1.24. The molecule has 0 N–H and O–H groups in total. The fraction of sp³-hybridized carbons (Fsp3) is 0.222. The molecule has 13 heavy (non-hydrogen) atoms. The molecule has 0 saturated heterocycles. The van der Waals surface area contributed by atoms with Crippen LogP contribution in [0.2, 0.25) is 5.15 Å². The topological polar surface area (TPSA) is 25.4 Å². The molecule has 1 aromatic heterocycles. The summed E-state index contributed by atoms with van der Waals surface area (Å²) in [5, 5.41) is 2.09. The average molecular weight is 199 g/mol. The van der Waals surface area contributed by atoms with E-state index >= 15 is 0 Å². The van der Waals surface area contributed by atoms with Gasteiger partial charge in [0, 0.05) is 7.05 Å². The summed E-state index contributed by atoms with van der Waals surface area (Å²) in [4.78, 5) is 8.82. The third kappa shape index (κ3) is 3.79. The second kappa shape index (κ2) is 6.30. The Kier molecular flexibility index (Phi) is 5.69. The van der Waals surface area contributed by atoms with Crippen molar-refractivity contribution in [2.75, 3.05) is 19.2 Å². The first-order valence-electron chi connectivity index (χ1n) is 3.47. The van der Waals surface area contributed by atoms with E-state index in [1.807, 2.05) is 6.07 Å². The molecule has 3 nitrogen and oxygen atoms in total. The molecule has 4 heteroatoms. The smallest absolute Gasteiger partial charge is 0.129 e. The van der Waals surface area contributed by atoms with E-state index in [0.717, 1.165) is 5.69 Å². The molecule has 1 rings (SSSR count). The molecular weight excluding hydrogens is 188 g/mol. The number of hydrogen-bond acceptors (Lipinski definition) is 3. The molecule has 0 amide bonds. The van der Waals surface area contributed by atoms with E-state index in [2.05, 4.69) is 17.8 Å². The maximum Gasteiger partial charge on any atom is 0.129 e. The Balaban J connectivity index is 0.000000671. The van der Waals surface area contributed by atoms with E-state index in [-0.39, 0.29) is 0 Å². The molecule has 0 bridgehead atoms. The molecule has 1 heterocycles. The van der Waals surface area contributed by atoms with Crippen LogP contribution in [0.25, 0.3) is 0 Å². The molecule has 0 aliphatic rings. The molecule has 0 spiro atoms. The van der Waals surface area contributed by atoms with Crippen LogP contribution in [0.4, 0.5) is 5.69 Å². The van der Waals surface area contributed by atoms with Crippen molar-refractivity contribution >= 4 is 17.3 Å². The Morgan fingerprint density at radius 1 is 1.46 bits per heavy atom. The zero-order chi connectivity index (χ0) is 10.3. The van der Waals surface area contributed by atoms with Crippen molar-refractivity contribution in [2.45, 2.75) is 0 Å². The second-order valence-electron chi connectivity index (χ2n) is 2.02. The Morgan fingerprint density at radius 2 is 2.08 bits per heavy atom. The first-order valence-corrected chi connectivity index (χ1v) is 3.84. The van der Waals surface area contributed by atoms with Crippen LogP contribution in [0.5, 0.6) is 0 Å². The van der Waals surface area contributed by atoms with Crippen molar-refractivity contribution < 1.29 is 4.84 Å². The number of aromatic nitrogens is 1. The summed E-state index contributed by atoms with van der Waals surface area (Å²) >= 11 is 5.59.